The van der Waals surface area contributed by atoms with Crippen molar-refractivity contribution in [2.75, 3.05) is 13.7 Å². The van der Waals surface area contributed by atoms with Crippen LogP contribution in [0.4, 0.5) is 0 Å². The van der Waals surface area contributed by atoms with Crippen molar-refractivity contribution in [3.8, 4) is 5.75 Å². The van der Waals surface area contributed by atoms with Crippen molar-refractivity contribution in [2.24, 2.45) is 0 Å². The van der Waals surface area contributed by atoms with Gasteiger partial charge in [-0.05, 0) is 36.6 Å². The second kappa shape index (κ2) is 5.71. The third-order valence-electron chi connectivity index (χ3n) is 3.03. The molecule has 1 aliphatic rings. The minimum Gasteiger partial charge on any atom is -0.497 e. The van der Waals surface area contributed by atoms with Gasteiger partial charge in [-0.3, -0.25) is 9.69 Å². The predicted octanol–water partition coefficient (Wildman–Crippen LogP) is 2.51. The van der Waals surface area contributed by atoms with Crippen molar-refractivity contribution in [1.29, 1.82) is 0 Å². The van der Waals surface area contributed by atoms with E-state index < -0.39 is 5.97 Å². The van der Waals surface area contributed by atoms with Gasteiger partial charge in [0, 0.05) is 17.1 Å². The van der Waals surface area contributed by atoms with Crippen molar-refractivity contribution in [1.82, 2.24) is 4.90 Å². The highest BCUT2D eigenvalue weighted by molar-refractivity contribution is 9.10. The number of nitrogens with zero attached hydrogens (tertiary/aromatic N) is 1. The zero-order chi connectivity index (χ0) is 13.1. The van der Waals surface area contributed by atoms with E-state index >= 15 is 0 Å². The number of carboxylic acids is 1. The van der Waals surface area contributed by atoms with Crippen molar-refractivity contribution in [3.05, 3.63) is 28.2 Å². The van der Waals surface area contributed by atoms with Crippen LogP contribution in [0.15, 0.2) is 22.7 Å². The fraction of sp³-hybridized carbons (Fsp3) is 0.462. The first-order chi connectivity index (χ1) is 8.60. The lowest BCUT2D eigenvalue weighted by atomic mass is 10.2. The Bertz CT molecular complexity index is 446. The molecule has 98 valence electrons. The Kier molecular flexibility index (Phi) is 4.24. The van der Waals surface area contributed by atoms with E-state index in [4.69, 9.17) is 9.84 Å². The highest BCUT2D eigenvalue weighted by atomic mass is 79.9. The maximum Gasteiger partial charge on any atom is 0.317 e. The zero-order valence-corrected chi connectivity index (χ0v) is 11.8. The lowest BCUT2D eigenvalue weighted by Gasteiger charge is -2.20. The summed E-state index contributed by atoms with van der Waals surface area (Å²) >= 11 is 3.49. The van der Waals surface area contributed by atoms with Crippen LogP contribution in [-0.4, -0.2) is 35.7 Å². The van der Waals surface area contributed by atoms with Gasteiger partial charge >= 0.3 is 5.97 Å². The fourth-order valence-corrected chi connectivity index (χ4v) is 2.32. The molecule has 0 aromatic heterocycles. The predicted molar refractivity (Wildman–Crippen MR) is 71.8 cm³/mol. The third kappa shape index (κ3) is 3.46. The minimum atomic E-state index is -0.777. The van der Waals surface area contributed by atoms with Crippen molar-refractivity contribution in [3.63, 3.8) is 0 Å². The van der Waals surface area contributed by atoms with Gasteiger partial charge in [0.05, 0.1) is 13.7 Å². The number of aliphatic carboxylic acids is 1. The van der Waals surface area contributed by atoms with Crippen molar-refractivity contribution in [2.45, 2.75) is 25.4 Å². The van der Waals surface area contributed by atoms with Gasteiger partial charge in [-0.25, -0.2) is 0 Å². The zero-order valence-electron chi connectivity index (χ0n) is 10.2. The van der Waals surface area contributed by atoms with Crippen LogP contribution in [0.3, 0.4) is 0 Å². The molecule has 1 saturated carbocycles. The van der Waals surface area contributed by atoms with Crippen molar-refractivity contribution >= 4 is 21.9 Å². The molecule has 18 heavy (non-hydrogen) atoms. The lowest BCUT2D eigenvalue weighted by Crippen LogP contribution is -2.31. The summed E-state index contributed by atoms with van der Waals surface area (Å²) in [6, 6.07) is 6.17. The molecule has 1 fully saturated rings. The Balaban J connectivity index is 2.12. The van der Waals surface area contributed by atoms with Gasteiger partial charge in [0.2, 0.25) is 0 Å². The smallest absolute Gasteiger partial charge is 0.317 e. The number of rotatable bonds is 6. The van der Waals surface area contributed by atoms with Crippen LogP contribution in [0, 0.1) is 0 Å². The SMILES string of the molecule is COc1ccc(Br)c(CN(CC(=O)O)C2CC2)c1. The van der Waals surface area contributed by atoms with E-state index in [2.05, 4.69) is 15.9 Å². The average Bonchev–Trinajstić information content (AvgIpc) is 3.14. The monoisotopic (exact) mass is 313 g/mol. The molecule has 1 aromatic rings. The topological polar surface area (TPSA) is 49.8 Å². The molecule has 1 aromatic carbocycles. The number of carboxylic acid groups (broad SMARTS) is 1. The first-order valence-electron chi connectivity index (χ1n) is 5.88. The molecule has 1 aliphatic carbocycles. The fourth-order valence-electron chi connectivity index (χ4n) is 1.95. The average molecular weight is 314 g/mol. The molecule has 0 radical (unpaired) electrons. The molecule has 2 rings (SSSR count). The van der Waals surface area contributed by atoms with Crippen LogP contribution in [0.5, 0.6) is 5.75 Å². The van der Waals surface area contributed by atoms with Gasteiger partial charge in [-0.2, -0.15) is 0 Å². The Morgan fingerprint density at radius 3 is 2.83 bits per heavy atom. The maximum absolute atomic E-state index is 10.9. The quantitative estimate of drug-likeness (QED) is 0.876. The van der Waals surface area contributed by atoms with Gasteiger partial charge in [-0.15, -0.1) is 0 Å². The summed E-state index contributed by atoms with van der Waals surface area (Å²) in [5.74, 6) is 0.0141. The number of benzene rings is 1. The summed E-state index contributed by atoms with van der Waals surface area (Å²) in [5.41, 5.74) is 1.06. The molecule has 0 saturated heterocycles. The molecule has 0 bridgehead atoms. The minimum absolute atomic E-state index is 0.0916. The van der Waals surface area contributed by atoms with Crippen molar-refractivity contribution < 1.29 is 14.6 Å². The summed E-state index contributed by atoms with van der Waals surface area (Å²) in [6.45, 7) is 0.725. The van der Waals surface area contributed by atoms with E-state index in [1.54, 1.807) is 7.11 Å². The summed E-state index contributed by atoms with van der Waals surface area (Å²) in [6.07, 6.45) is 2.18. The van der Waals surface area contributed by atoms with E-state index in [-0.39, 0.29) is 6.54 Å². The van der Waals surface area contributed by atoms with Crippen LogP contribution >= 0.6 is 15.9 Å². The number of carbonyl (C=O) groups is 1. The first kappa shape index (κ1) is 13.4. The summed E-state index contributed by atoms with van der Waals surface area (Å²) in [5, 5.41) is 8.93. The molecule has 5 heteroatoms. The Morgan fingerprint density at radius 2 is 2.28 bits per heavy atom. The molecule has 0 heterocycles. The number of hydrogen-bond donors (Lipinski definition) is 1. The van der Waals surface area contributed by atoms with E-state index in [0.29, 0.717) is 12.6 Å². The molecular formula is C13H16BrNO3. The van der Waals surface area contributed by atoms with Gasteiger partial charge in [0.1, 0.15) is 5.75 Å². The molecule has 0 amide bonds. The Morgan fingerprint density at radius 1 is 1.56 bits per heavy atom. The number of halogens is 1. The first-order valence-corrected chi connectivity index (χ1v) is 6.67. The third-order valence-corrected chi connectivity index (χ3v) is 3.80. The number of hydrogen-bond acceptors (Lipinski definition) is 3. The van der Waals surface area contributed by atoms with Crippen LogP contribution < -0.4 is 4.74 Å². The second-order valence-electron chi connectivity index (χ2n) is 4.49. The molecule has 0 unspecified atom stereocenters. The second-order valence-corrected chi connectivity index (χ2v) is 5.34. The van der Waals surface area contributed by atoms with Crippen LogP contribution in [-0.2, 0) is 11.3 Å². The highest BCUT2D eigenvalue weighted by Crippen LogP contribution is 2.30. The molecular weight excluding hydrogens is 298 g/mol. The van der Waals surface area contributed by atoms with E-state index in [0.717, 1.165) is 28.6 Å². The lowest BCUT2D eigenvalue weighted by molar-refractivity contribution is -0.138. The normalized spacial score (nSPS) is 14.8. The number of methoxy groups -OCH3 is 1. The molecule has 4 nitrogen and oxygen atoms in total. The highest BCUT2D eigenvalue weighted by Gasteiger charge is 2.30. The standard InChI is InChI=1S/C13H16BrNO3/c1-18-11-4-5-12(14)9(6-11)7-15(8-13(16)17)10-2-3-10/h4-6,10H,2-3,7-8H2,1H3,(H,16,17). The molecule has 0 spiro atoms. The summed E-state index contributed by atoms with van der Waals surface area (Å²) in [4.78, 5) is 12.9. The van der Waals surface area contributed by atoms with E-state index in [1.807, 2.05) is 23.1 Å². The van der Waals surface area contributed by atoms with Gasteiger partial charge in [-0.1, -0.05) is 15.9 Å². The van der Waals surface area contributed by atoms with Gasteiger partial charge in [0.15, 0.2) is 0 Å². The Labute approximate surface area is 115 Å². The van der Waals surface area contributed by atoms with Crippen LogP contribution in [0.25, 0.3) is 0 Å². The van der Waals surface area contributed by atoms with Gasteiger partial charge < -0.3 is 9.84 Å². The van der Waals surface area contributed by atoms with Gasteiger partial charge in [0.25, 0.3) is 0 Å². The van der Waals surface area contributed by atoms with E-state index in [9.17, 15) is 4.79 Å². The van der Waals surface area contributed by atoms with Crippen LogP contribution in [0.1, 0.15) is 18.4 Å². The summed E-state index contributed by atoms with van der Waals surface area (Å²) < 4.78 is 6.18. The molecule has 1 N–H and O–H groups in total. The molecule has 0 aliphatic heterocycles. The largest absolute Gasteiger partial charge is 0.497 e. The maximum atomic E-state index is 10.9. The summed E-state index contributed by atoms with van der Waals surface area (Å²) in [7, 11) is 1.63. The Hall–Kier alpha value is -1.07. The number of ether oxygens (including phenoxy) is 1. The van der Waals surface area contributed by atoms with E-state index in [1.165, 1.54) is 0 Å². The molecule has 0 atom stereocenters. The van der Waals surface area contributed by atoms with Crippen LogP contribution in [0.2, 0.25) is 0 Å².